The maximum Gasteiger partial charge on any atom is 0.408 e. The van der Waals surface area contributed by atoms with Gasteiger partial charge in [0.15, 0.2) is 0 Å². The van der Waals surface area contributed by atoms with Crippen molar-refractivity contribution < 1.29 is 27.3 Å². The van der Waals surface area contributed by atoms with Gasteiger partial charge in [0.1, 0.15) is 12.6 Å². The quantitative estimate of drug-likeness (QED) is 0.374. The number of hydrogen-bond donors (Lipinski definition) is 4. The van der Waals surface area contributed by atoms with Crippen LogP contribution in [-0.4, -0.2) is 71.5 Å². The third kappa shape index (κ3) is 7.28. The lowest BCUT2D eigenvalue weighted by atomic mass is 9.99. The van der Waals surface area contributed by atoms with E-state index in [9.17, 15) is 18.0 Å². The smallest absolute Gasteiger partial charge is 0.408 e. The molecule has 2 amide bonds. The summed E-state index contributed by atoms with van der Waals surface area (Å²) in [6.07, 6.45) is 4.18. The van der Waals surface area contributed by atoms with Crippen molar-refractivity contribution in [1.82, 2.24) is 25.7 Å². The largest absolute Gasteiger partial charge is 0.445 e. The molecule has 12 heteroatoms. The summed E-state index contributed by atoms with van der Waals surface area (Å²) >= 11 is 0. The van der Waals surface area contributed by atoms with Gasteiger partial charge in [0.2, 0.25) is 5.91 Å². The average molecular weight is 530 g/mol. The van der Waals surface area contributed by atoms with Crippen LogP contribution in [0.25, 0.3) is 10.9 Å². The van der Waals surface area contributed by atoms with Crippen molar-refractivity contribution in [2.24, 2.45) is 0 Å². The molecule has 4 N–H and O–H groups in total. The van der Waals surface area contributed by atoms with E-state index >= 15 is 0 Å². The highest BCUT2D eigenvalue weighted by Crippen LogP contribution is 2.29. The first-order valence-electron chi connectivity index (χ1n) is 12.0. The number of carbonyl (C=O) groups is 2. The zero-order valence-electron chi connectivity index (χ0n) is 20.5. The Morgan fingerprint density at radius 3 is 2.59 bits per heavy atom. The van der Waals surface area contributed by atoms with Crippen LogP contribution < -0.4 is 10.6 Å². The average Bonchev–Trinajstić information content (AvgIpc) is 3.30. The first kappa shape index (κ1) is 26.6. The van der Waals surface area contributed by atoms with Crippen molar-refractivity contribution >= 4 is 33.0 Å². The van der Waals surface area contributed by atoms with Gasteiger partial charge in [0.05, 0.1) is 18.0 Å². The summed E-state index contributed by atoms with van der Waals surface area (Å²) in [7, 11) is -3.67. The number of carbonyl (C=O) groups excluding carboxylic acids is 2. The molecule has 1 saturated heterocycles. The number of H-pyrrole nitrogens is 1. The number of aromatic nitrogens is 2. The first-order valence-corrected chi connectivity index (χ1v) is 13.9. The van der Waals surface area contributed by atoms with Crippen LogP contribution in [0.5, 0.6) is 0 Å². The van der Waals surface area contributed by atoms with Gasteiger partial charge in [0, 0.05) is 24.4 Å². The predicted octanol–water partition coefficient (Wildman–Crippen LogP) is 2.00. The molecule has 2 aliphatic heterocycles. The van der Waals surface area contributed by atoms with E-state index in [2.05, 4.69) is 20.8 Å². The van der Waals surface area contributed by atoms with Crippen LogP contribution in [-0.2, 0) is 39.2 Å². The van der Waals surface area contributed by atoms with Crippen LogP contribution >= 0.6 is 0 Å². The monoisotopic (exact) mass is 529 g/mol. The fourth-order valence-electron chi connectivity index (χ4n) is 4.70. The van der Waals surface area contributed by atoms with Gasteiger partial charge in [0.25, 0.3) is 10.1 Å². The van der Waals surface area contributed by atoms with E-state index < -0.39 is 22.3 Å². The maximum absolute atomic E-state index is 13.6. The van der Waals surface area contributed by atoms with E-state index in [0.717, 1.165) is 53.5 Å². The zero-order chi connectivity index (χ0) is 26.4. The molecule has 0 aliphatic carbocycles. The number of nitrogens with zero attached hydrogens (tertiary/aromatic N) is 2. The Morgan fingerprint density at radius 2 is 1.89 bits per heavy atom. The molecule has 198 valence electrons. The maximum atomic E-state index is 13.6. The van der Waals surface area contributed by atoms with Crippen LogP contribution in [0.4, 0.5) is 4.79 Å². The number of alkyl carbamates (subject to hydrolysis) is 1. The lowest BCUT2D eigenvalue weighted by molar-refractivity contribution is -0.136. The van der Waals surface area contributed by atoms with E-state index in [4.69, 9.17) is 9.29 Å². The van der Waals surface area contributed by atoms with E-state index in [1.165, 1.54) is 0 Å². The number of rotatable bonds is 4. The molecular formula is C25H31N5O6S. The van der Waals surface area contributed by atoms with Gasteiger partial charge in [-0.05, 0) is 48.7 Å². The van der Waals surface area contributed by atoms with Crippen molar-refractivity contribution in [2.75, 3.05) is 19.3 Å². The number of nitrogens with one attached hydrogen (secondary N) is 3. The van der Waals surface area contributed by atoms with Gasteiger partial charge in [-0.1, -0.05) is 36.4 Å². The second-order valence-corrected chi connectivity index (χ2v) is 10.6. The topological polar surface area (TPSA) is 154 Å². The van der Waals surface area contributed by atoms with Crippen LogP contribution in [0.15, 0.2) is 48.7 Å². The molecule has 11 nitrogen and oxygen atoms in total. The third-order valence-electron chi connectivity index (χ3n) is 6.42. The molecule has 0 spiro atoms. The molecule has 5 rings (SSSR count). The number of hydrogen-bond acceptors (Lipinski definition) is 7. The van der Waals surface area contributed by atoms with E-state index in [-0.39, 0.29) is 18.6 Å². The minimum Gasteiger partial charge on any atom is -0.445 e. The molecule has 1 atom stereocenters. The Bertz CT molecular complexity index is 1330. The predicted molar refractivity (Wildman–Crippen MR) is 137 cm³/mol. The van der Waals surface area contributed by atoms with Gasteiger partial charge in [-0.3, -0.25) is 14.4 Å². The van der Waals surface area contributed by atoms with Crippen molar-refractivity contribution in [3.05, 3.63) is 65.4 Å². The Kier molecular flexibility index (Phi) is 8.41. The molecule has 0 saturated carbocycles. The Balaban J connectivity index is 0.000000586. The third-order valence-corrected chi connectivity index (χ3v) is 6.42. The highest BCUT2D eigenvalue weighted by molar-refractivity contribution is 7.85. The Morgan fingerprint density at radius 1 is 1.19 bits per heavy atom. The summed E-state index contributed by atoms with van der Waals surface area (Å²) in [5.74, 6) is -0.0543. The number of piperidine rings is 1. The number of fused-ring (bicyclic) bond motifs is 3. The van der Waals surface area contributed by atoms with Crippen molar-refractivity contribution in [2.45, 2.75) is 44.5 Å². The van der Waals surface area contributed by atoms with Gasteiger partial charge in [-0.15, -0.1) is 0 Å². The fourth-order valence-corrected chi connectivity index (χ4v) is 4.70. The van der Waals surface area contributed by atoms with Gasteiger partial charge >= 0.3 is 6.09 Å². The Labute approximate surface area is 215 Å². The summed E-state index contributed by atoms with van der Waals surface area (Å²) in [5.41, 5.74) is 4.01. The molecule has 1 aromatic heterocycles. The van der Waals surface area contributed by atoms with Crippen molar-refractivity contribution in [1.29, 1.82) is 0 Å². The minimum absolute atomic E-state index is 0.0543. The summed E-state index contributed by atoms with van der Waals surface area (Å²) < 4.78 is 31.3. The Hall–Kier alpha value is -3.48. The highest BCUT2D eigenvalue weighted by atomic mass is 32.2. The van der Waals surface area contributed by atoms with Crippen LogP contribution in [0.2, 0.25) is 0 Å². The molecule has 0 radical (unpaired) electrons. The summed E-state index contributed by atoms with van der Waals surface area (Å²) in [6, 6.07) is 13.0. The van der Waals surface area contributed by atoms with Gasteiger partial charge < -0.3 is 20.3 Å². The number of amides is 2. The molecule has 2 aromatic carbocycles. The number of aromatic amines is 1. The zero-order valence-corrected chi connectivity index (χ0v) is 21.3. The van der Waals surface area contributed by atoms with Gasteiger partial charge in [-0.25, -0.2) is 4.79 Å². The summed E-state index contributed by atoms with van der Waals surface area (Å²) in [4.78, 5) is 28.1. The summed E-state index contributed by atoms with van der Waals surface area (Å²) in [6.45, 7) is 2.45. The number of ether oxygens (including phenoxy) is 1. The molecule has 37 heavy (non-hydrogen) atoms. The highest BCUT2D eigenvalue weighted by Gasteiger charge is 2.36. The molecule has 0 bridgehead atoms. The molecule has 1 fully saturated rings. The molecule has 3 heterocycles. The van der Waals surface area contributed by atoms with E-state index in [1.807, 2.05) is 53.6 Å². The van der Waals surface area contributed by atoms with E-state index in [1.54, 1.807) is 0 Å². The second-order valence-electron chi connectivity index (χ2n) is 9.18. The molecular weight excluding hydrogens is 498 g/mol. The summed E-state index contributed by atoms with van der Waals surface area (Å²) in [5, 5.41) is 14.4. The SMILES string of the molecule is CS(=O)(=O)O.O=C(N[C@@H]1Cc2ccc3[nH]ncc3c2CN(C2CCNCC2)C1=O)OCc1ccccc1. The van der Waals surface area contributed by atoms with E-state index in [0.29, 0.717) is 19.2 Å². The molecule has 2 aliphatic rings. The minimum atomic E-state index is -3.67. The second kappa shape index (κ2) is 11.7. The van der Waals surface area contributed by atoms with Crippen molar-refractivity contribution in [3.63, 3.8) is 0 Å². The van der Waals surface area contributed by atoms with Crippen molar-refractivity contribution in [3.8, 4) is 0 Å². The normalized spacial score (nSPS) is 18.4. The van der Waals surface area contributed by atoms with Gasteiger partial charge in [-0.2, -0.15) is 13.5 Å². The molecule has 3 aromatic rings. The van der Waals surface area contributed by atoms with Crippen LogP contribution in [0.3, 0.4) is 0 Å². The number of benzene rings is 2. The van der Waals surface area contributed by atoms with Crippen LogP contribution in [0, 0.1) is 0 Å². The first-order chi connectivity index (χ1) is 17.7. The van der Waals surface area contributed by atoms with Crippen LogP contribution in [0.1, 0.15) is 29.5 Å². The lowest BCUT2D eigenvalue weighted by Gasteiger charge is -2.35. The standard InChI is InChI=1S/C24H27N5O3.CH4O3S/c30-23-22(27-24(31)32-15-16-4-2-1-3-5-16)12-17-6-7-21-19(13-26-28-21)20(17)14-29(23)18-8-10-25-11-9-18;1-5(2,3)4/h1-7,13,18,22,25H,8-12,14-15H2,(H,26,28)(H,27,31);1H3,(H,2,3,4)/t22-;/m1./s1. The fraction of sp³-hybridized carbons (Fsp3) is 0.400. The molecule has 0 unspecified atom stereocenters. The lowest BCUT2D eigenvalue weighted by Crippen LogP contribution is -2.53.